The van der Waals surface area contributed by atoms with Gasteiger partial charge in [-0.15, -0.1) is 0 Å². The third-order valence-electron chi connectivity index (χ3n) is 0.496. The molecule has 130 valence electrons. The lowest BCUT2D eigenvalue weighted by Gasteiger charge is -1.73. The van der Waals surface area contributed by atoms with Gasteiger partial charge < -0.3 is 20.4 Å². The van der Waals surface area contributed by atoms with Crippen molar-refractivity contribution in [2.24, 2.45) is 0 Å². The molecule has 0 aromatic rings. The average Bonchev–Trinajstić information content (AvgIpc) is 2.12. The summed E-state index contributed by atoms with van der Waals surface area (Å²) in [6, 6.07) is 0. The van der Waals surface area contributed by atoms with Crippen molar-refractivity contribution in [1.29, 1.82) is 0 Å². The summed E-state index contributed by atoms with van der Waals surface area (Å²) < 4.78 is 0. The van der Waals surface area contributed by atoms with Crippen LogP contribution in [0.25, 0.3) is 0 Å². The van der Waals surface area contributed by atoms with Gasteiger partial charge in [0.15, 0.2) is 11.6 Å². The van der Waals surface area contributed by atoms with Crippen molar-refractivity contribution in [3.63, 3.8) is 0 Å². The normalized spacial score (nSPS) is 6.64. The standard InChI is InChI=1S/C4H6O2.4C2H4O2/c1-3(5)4(2)6;4*1-2(3)4/h1-2H3;4*1H3,(H,3,4). The molecule has 0 saturated carbocycles. The van der Waals surface area contributed by atoms with Gasteiger partial charge >= 0.3 is 0 Å². The van der Waals surface area contributed by atoms with Gasteiger partial charge in [-0.05, 0) is 0 Å². The fraction of sp³-hybridized carbons (Fsp3) is 0.500. The fourth-order valence-corrected chi connectivity index (χ4v) is 0. The zero-order chi connectivity index (χ0) is 19.5. The summed E-state index contributed by atoms with van der Waals surface area (Å²) in [6.45, 7) is 6.84. The molecule has 0 aromatic carbocycles. The predicted octanol–water partition coefficient (Wildman–Crippen LogP) is 0.528. The molecule has 0 fully saturated rings. The molecule has 10 heteroatoms. The van der Waals surface area contributed by atoms with Crippen molar-refractivity contribution in [3.8, 4) is 0 Å². The highest BCUT2D eigenvalue weighted by atomic mass is 16.4. The molecule has 0 aliphatic rings. The Kier molecular flexibility index (Phi) is 33.5. The van der Waals surface area contributed by atoms with Crippen LogP contribution in [0.3, 0.4) is 0 Å². The Morgan fingerprint density at radius 2 is 0.455 bits per heavy atom. The highest BCUT2D eigenvalue weighted by molar-refractivity contribution is 6.35. The number of carboxylic acid groups (broad SMARTS) is 4. The zero-order valence-corrected chi connectivity index (χ0v) is 13.2. The lowest BCUT2D eigenvalue weighted by atomic mass is 10.3. The molecule has 0 spiro atoms. The van der Waals surface area contributed by atoms with Gasteiger partial charge in [-0.1, -0.05) is 0 Å². The molecule has 0 aliphatic carbocycles. The van der Waals surface area contributed by atoms with Crippen LogP contribution >= 0.6 is 0 Å². The van der Waals surface area contributed by atoms with Crippen LogP contribution in [0.1, 0.15) is 41.5 Å². The molecule has 0 radical (unpaired) electrons. The van der Waals surface area contributed by atoms with E-state index in [2.05, 4.69) is 0 Å². The minimum absolute atomic E-state index is 0.380. The molecule has 0 bridgehead atoms. The van der Waals surface area contributed by atoms with Crippen LogP contribution < -0.4 is 0 Å². The molecule has 10 nitrogen and oxygen atoms in total. The lowest BCUT2D eigenvalue weighted by Crippen LogP contribution is -2.01. The average molecular weight is 326 g/mol. The summed E-state index contributed by atoms with van der Waals surface area (Å²) in [5.74, 6) is -4.09. The second kappa shape index (κ2) is 23.3. The number of ketones is 2. The summed E-state index contributed by atoms with van der Waals surface area (Å²) in [4.78, 5) is 55.6. The van der Waals surface area contributed by atoms with Crippen LogP contribution in [0.2, 0.25) is 0 Å². The number of carboxylic acids is 4. The van der Waals surface area contributed by atoms with Gasteiger partial charge in [-0.2, -0.15) is 0 Å². The highest BCUT2D eigenvalue weighted by Gasteiger charge is 1.94. The first-order valence-corrected chi connectivity index (χ1v) is 5.37. The van der Waals surface area contributed by atoms with Gasteiger partial charge in [-0.3, -0.25) is 28.8 Å². The number of rotatable bonds is 1. The molecule has 0 aliphatic heterocycles. The van der Waals surface area contributed by atoms with Crippen LogP contribution in [-0.4, -0.2) is 55.9 Å². The van der Waals surface area contributed by atoms with Crippen molar-refractivity contribution < 1.29 is 49.2 Å². The smallest absolute Gasteiger partial charge is 0.300 e. The van der Waals surface area contributed by atoms with E-state index in [0.717, 1.165) is 27.7 Å². The first-order valence-electron chi connectivity index (χ1n) is 5.37. The third kappa shape index (κ3) is 3040. The van der Waals surface area contributed by atoms with Crippen molar-refractivity contribution >= 4 is 35.4 Å². The topological polar surface area (TPSA) is 183 Å². The van der Waals surface area contributed by atoms with Crippen molar-refractivity contribution in [2.45, 2.75) is 41.5 Å². The van der Waals surface area contributed by atoms with E-state index in [9.17, 15) is 9.59 Å². The molecule has 0 rings (SSSR count). The number of hydrogen-bond acceptors (Lipinski definition) is 6. The van der Waals surface area contributed by atoms with Crippen molar-refractivity contribution in [2.75, 3.05) is 0 Å². The molecule has 4 N–H and O–H groups in total. The van der Waals surface area contributed by atoms with Crippen LogP contribution in [0.5, 0.6) is 0 Å². The van der Waals surface area contributed by atoms with E-state index in [1.54, 1.807) is 0 Å². The van der Waals surface area contributed by atoms with Gasteiger partial charge in [0.25, 0.3) is 23.9 Å². The molecular formula is C12H22O10. The second-order valence-electron chi connectivity index (χ2n) is 3.19. The van der Waals surface area contributed by atoms with Crippen LogP contribution in [0, 0.1) is 0 Å². The van der Waals surface area contributed by atoms with E-state index in [0.29, 0.717) is 0 Å². The van der Waals surface area contributed by atoms with Crippen molar-refractivity contribution in [3.05, 3.63) is 0 Å². The molecule has 0 heterocycles. The summed E-state index contributed by atoms with van der Waals surface area (Å²) in [6.07, 6.45) is 0. The lowest BCUT2D eigenvalue weighted by molar-refractivity contribution is -0.135. The Bertz CT molecular complexity index is 294. The quantitative estimate of drug-likeness (QED) is 0.495. The van der Waals surface area contributed by atoms with E-state index >= 15 is 0 Å². The molecule has 0 unspecified atom stereocenters. The number of carbonyl (C=O) groups is 6. The third-order valence-corrected chi connectivity index (χ3v) is 0.496. The second-order valence-corrected chi connectivity index (χ2v) is 3.19. The Labute approximate surface area is 127 Å². The first-order chi connectivity index (χ1) is 9.57. The minimum atomic E-state index is -0.833. The number of aliphatic carboxylic acids is 4. The predicted molar refractivity (Wildman–Crippen MR) is 74.6 cm³/mol. The Hall–Kier alpha value is -2.78. The maximum Gasteiger partial charge on any atom is 0.300 e. The molecule has 0 atom stereocenters. The number of carbonyl (C=O) groups excluding carboxylic acids is 2. The highest BCUT2D eigenvalue weighted by Crippen LogP contribution is 1.66. The maximum absolute atomic E-state index is 9.79. The number of hydrogen-bond donors (Lipinski definition) is 4. The minimum Gasteiger partial charge on any atom is -0.481 e. The van der Waals surface area contributed by atoms with E-state index in [-0.39, 0.29) is 11.6 Å². The largest absolute Gasteiger partial charge is 0.481 e. The zero-order valence-electron chi connectivity index (χ0n) is 13.2. The summed E-state index contributed by atoms with van der Waals surface area (Å²) in [5.41, 5.74) is 0. The van der Waals surface area contributed by atoms with E-state index in [4.69, 9.17) is 39.6 Å². The van der Waals surface area contributed by atoms with Gasteiger partial charge in [0, 0.05) is 41.5 Å². The Morgan fingerprint density at radius 3 is 0.455 bits per heavy atom. The van der Waals surface area contributed by atoms with E-state index < -0.39 is 23.9 Å². The summed E-state index contributed by atoms with van der Waals surface area (Å²) in [5, 5.41) is 29.7. The maximum atomic E-state index is 9.79. The van der Waals surface area contributed by atoms with Crippen LogP contribution in [0.4, 0.5) is 0 Å². The van der Waals surface area contributed by atoms with Crippen molar-refractivity contribution in [1.82, 2.24) is 0 Å². The molecule has 0 aromatic heterocycles. The Morgan fingerprint density at radius 1 is 0.409 bits per heavy atom. The van der Waals surface area contributed by atoms with Gasteiger partial charge in [-0.25, -0.2) is 0 Å². The molecular weight excluding hydrogens is 304 g/mol. The summed E-state index contributed by atoms with van der Waals surface area (Å²) >= 11 is 0. The fourth-order valence-electron chi connectivity index (χ4n) is 0. The first kappa shape index (κ1) is 31.6. The SMILES string of the molecule is CC(=O)C(C)=O.CC(=O)O.CC(=O)O.CC(=O)O.CC(=O)O. The molecule has 0 amide bonds. The van der Waals surface area contributed by atoms with Gasteiger partial charge in [0.1, 0.15) is 0 Å². The molecule has 22 heavy (non-hydrogen) atoms. The Balaban J connectivity index is -0.0000000555. The van der Waals surface area contributed by atoms with E-state index in [1.807, 2.05) is 0 Å². The van der Waals surface area contributed by atoms with Crippen LogP contribution in [0.15, 0.2) is 0 Å². The summed E-state index contributed by atoms with van der Waals surface area (Å²) in [7, 11) is 0. The monoisotopic (exact) mass is 326 g/mol. The van der Waals surface area contributed by atoms with Gasteiger partial charge in [0.2, 0.25) is 0 Å². The molecule has 0 saturated heterocycles. The number of Topliss-reactive ketones (excluding diaryl/α,β-unsaturated/α-hetero) is 2. The van der Waals surface area contributed by atoms with E-state index in [1.165, 1.54) is 13.8 Å². The van der Waals surface area contributed by atoms with Crippen LogP contribution in [-0.2, 0) is 28.8 Å². The van der Waals surface area contributed by atoms with Gasteiger partial charge in [0.05, 0.1) is 0 Å².